The monoisotopic (exact) mass is 369 g/mol. The molecule has 0 atom stereocenters. The van der Waals surface area contributed by atoms with Gasteiger partial charge in [-0.3, -0.25) is 0 Å². The second-order valence-corrected chi connectivity index (χ2v) is 7.24. The van der Waals surface area contributed by atoms with Crippen molar-refractivity contribution in [3.05, 3.63) is 51.5 Å². The number of nitrogens with zero attached hydrogens (tertiary/aromatic N) is 1. The number of hydrogen-bond donors (Lipinski definition) is 2. The van der Waals surface area contributed by atoms with Crippen molar-refractivity contribution in [3.63, 3.8) is 0 Å². The highest BCUT2D eigenvalue weighted by Gasteiger charge is 2.21. The van der Waals surface area contributed by atoms with Crippen LogP contribution in [0.1, 0.15) is 39.7 Å². The zero-order chi connectivity index (χ0) is 18.8. The number of carbonyl (C=O) groups excluding carboxylic acids is 1. The molecule has 5 nitrogen and oxygen atoms in total. The van der Waals surface area contributed by atoms with E-state index in [0.717, 1.165) is 33.5 Å². The molecule has 26 heavy (non-hydrogen) atoms. The predicted molar refractivity (Wildman–Crippen MR) is 107 cm³/mol. The number of anilines is 2. The molecule has 2 aromatic heterocycles. The molecular formula is C20H23N3O2S. The van der Waals surface area contributed by atoms with Crippen LogP contribution in [0.2, 0.25) is 0 Å². The van der Waals surface area contributed by atoms with Gasteiger partial charge in [0.05, 0.1) is 17.9 Å². The van der Waals surface area contributed by atoms with Gasteiger partial charge in [0.15, 0.2) is 5.13 Å². The van der Waals surface area contributed by atoms with Crippen molar-refractivity contribution in [1.29, 1.82) is 0 Å². The van der Waals surface area contributed by atoms with Crippen LogP contribution in [0.25, 0.3) is 11.4 Å². The van der Waals surface area contributed by atoms with E-state index in [1.807, 2.05) is 26.2 Å². The van der Waals surface area contributed by atoms with Crippen LogP contribution in [0.15, 0.2) is 23.6 Å². The van der Waals surface area contributed by atoms with E-state index >= 15 is 0 Å². The normalized spacial score (nSPS) is 10.8. The minimum absolute atomic E-state index is 0.297. The quantitative estimate of drug-likeness (QED) is 0.600. The summed E-state index contributed by atoms with van der Waals surface area (Å²) in [7, 11) is 0. The molecule has 3 aromatic rings. The van der Waals surface area contributed by atoms with Crippen molar-refractivity contribution in [2.45, 2.75) is 34.6 Å². The Morgan fingerprint density at radius 2 is 1.88 bits per heavy atom. The molecule has 0 aliphatic rings. The maximum atomic E-state index is 12.2. The molecule has 0 unspecified atom stereocenters. The smallest absolute Gasteiger partial charge is 0.340 e. The number of ether oxygens (including phenoxy) is 1. The van der Waals surface area contributed by atoms with Crippen LogP contribution >= 0.6 is 11.3 Å². The fourth-order valence-electron chi connectivity index (χ4n) is 3.13. The number of benzene rings is 1. The molecule has 0 saturated carbocycles. The van der Waals surface area contributed by atoms with Gasteiger partial charge in [0.25, 0.3) is 0 Å². The largest absolute Gasteiger partial charge is 0.462 e. The molecule has 0 aliphatic heterocycles. The summed E-state index contributed by atoms with van der Waals surface area (Å²) in [5, 5.41) is 6.16. The summed E-state index contributed by atoms with van der Waals surface area (Å²) >= 11 is 1.54. The molecule has 0 amide bonds. The summed E-state index contributed by atoms with van der Waals surface area (Å²) in [6.45, 7) is 10.1. The van der Waals surface area contributed by atoms with Crippen LogP contribution in [0, 0.1) is 27.7 Å². The van der Waals surface area contributed by atoms with Crippen molar-refractivity contribution in [2.24, 2.45) is 0 Å². The molecule has 0 aliphatic carbocycles. The first-order chi connectivity index (χ1) is 12.4. The molecule has 0 radical (unpaired) electrons. The highest BCUT2D eigenvalue weighted by atomic mass is 32.1. The Balaban J connectivity index is 1.88. The van der Waals surface area contributed by atoms with Gasteiger partial charge in [-0.1, -0.05) is 6.07 Å². The summed E-state index contributed by atoms with van der Waals surface area (Å²) in [5.74, 6) is -0.297. The van der Waals surface area contributed by atoms with Crippen molar-refractivity contribution in [3.8, 4) is 11.4 Å². The summed E-state index contributed by atoms with van der Waals surface area (Å²) in [6.07, 6.45) is 0. The van der Waals surface area contributed by atoms with Gasteiger partial charge < -0.3 is 15.0 Å². The second-order valence-electron chi connectivity index (χ2n) is 6.38. The fraction of sp³-hybridized carbons (Fsp3) is 0.300. The number of hydrogen-bond acceptors (Lipinski definition) is 5. The summed E-state index contributed by atoms with van der Waals surface area (Å²) in [4.78, 5) is 20.1. The first-order valence-corrected chi connectivity index (χ1v) is 9.44. The Morgan fingerprint density at radius 1 is 1.19 bits per heavy atom. The van der Waals surface area contributed by atoms with Crippen LogP contribution in [-0.2, 0) is 4.74 Å². The van der Waals surface area contributed by atoms with Crippen LogP contribution in [-0.4, -0.2) is 22.5 Å². The predicted octanol–water partition coefficient (Wildman–Crippen LogP) is 5.29. The number of aromatic amines is 1. The Bertz CT molecular complexity index is 936. The number of H-pyrrole nitrogens is 1. The number of thiazole rings is 1. The lowest BCUT2D eigenvalue weighted by Gasteiger charge is -2.05. The molecule has 1 aromatic carbocycles. The van der Waals surface area contributed by atoms with Gasteiger partial charge in [0, 0.05) is 16.8 Å². The van der Waals surface area contributed by atoms with E-state index in [-0.39, 0.29) is 5.97 Å². The zero-order valence-corrected chi connectivity index (χ0v) is 16.5. The third-order valence-electron chi connectivity index (χ3n) is 4.15. The van der Waals surface area contributed by atoms with Gasteiger partial charge in [0.2, 0.25) is 0 Å². The minimum atomic E-state index is -0.297. The summed E-state index contributed by atoms with van der Waals surface area (Å²) < 4.78 is 5.16. The standard InChI is InChI=1S/C20H23N3O2S/c1-6-25-19(24)17-13(4)18(21-14(17)5)16-10-26-20(23-16)22-15-8-11(2)7-12(3)9-15/h7-10,21H,6H2,1-5H3,(H,22,23). The summed E-state index contributed by atoms with van der Waals surface area (Å²) in [6, 6.07) is 6.33. The highest BCUT2D eigenvalue weighted by molar-refractivity contribution is 7.14. The number of carbonyl (C=O) groups is 1. The third-order valence-corrected chi connectivity index (χ3v) is 4.91. The fourth-order valence-corrected chi connectivity index (χ4v) is 3.85. The first kappa shape index (κ1) is 18.2. The number of nitrogens with one attached hydrogen (secondary N) is 2. The van der Waals surface area contributed by atoms with E-state index in [4.69, 9.17) is 4.74 Å². The van der Waals surface area contributed by atoms with Gasteiger partial charge >= 0.3 is 5.97 Å². The molecule has 0 saturated heterocycles. The maximum Gasteiger partial charge on any atom is 0.340 e. The SMILES string of the molecule is CCOC(=O)c1c(C)[nH]c(-c2csc(Nc3cc(C)cc(C)c3)n2)c1C. The Labute approximate surface area is 157 Å². The first-order valence-electron chi connectivity index (χ1n) is 8.56. The molecule has 136 valence electrons. The van der Waals surface area contributed by atoms with Gasteiger partial charge in [-0.15, -0.1) is 11.3 Å². The average molecular weight is 369 g/mol. The lowest BCUT2D eigenvalue weighted by molar-refractivity contribution is 0.0525. The van der Waals surface area contributed by atoms with Gasteiger partial charge in [0.1, 0.15) is 5.69 Å². The average Bonchev–Trinajstić information content (AvgIpc) is 3.11. The Kier molecular flexibility index (Phi) is 5.13. The second kappa shape index (κ2) is 7.33. The number of aromatic nitrogens is 2. The Morgan fingerprint density at radius 3 is 2.54 bits per heavy atom. The number of esters is 1. The summed E-state index contributed by atoms with van der Waals surface area (Å²) in [5.41, 5.74) is 7.37. The van der Waals surface area contributed by atoms with Crippen molar-refractivity contribution in [1.82, 2.24) is 9.97 Å². The molecular weight excluding hydrogens is 346 g/mol. The topological polar surface area (TPSA) is 67.0 Å². The molecule has 3 rings (SSSR count). The molecule has 2 heterocycles. The van der Waals surface area contributed by atoms with Crippen molar-refractivity contribution in [2.75, 3.05) is 11.9 Å². The van der Waals surface area contributed by atoms with E-state index in [9.17, 15) is 4.79 Å². The third kappa shape index (κ3) is 3.65. The molecule has 6 heteroatoms. The maximum absolute atomic E-state index is 12.2. The van der Waals surface area contributed by atoms with E-state index in [0.29, 0.717) is 12.2 Å². The van der Waals surface area contributed by atoms with Gasteiger partial charge in [-0.05, 0) is 63.4 Å². The number of rotatable bonds is 5. The van der Waals surface area contributed by atoms with E-state index in [1.165, 1.54) is 22.5 Å². The van der Waals surface area contributed by atoms with Crippen LogP contribution in [0.5, 0.6) is 0 Å². The Hall–Kier alpha value is -2.60. The lowest BCUT2D eigenvalue weighted by atomic mass is 10.1. The van der Waals surface area contributed by atoms with Crippen molar-refractivity contribution >= 4 is 28.1 Å². The van der Waals surface area contributed by atoms with E-state index in [2.05, 4.69) is 47.3 Å². The van der Waals surface area contributed by atoms with Gasteiger partial charge in [-0.25, -0.2) is 9.78 Å². The van der Waals surface area contributed by atoms with E-state index in [1.54, 1.807) is 0 Å². The molecule has 2 N–H and O–H groups in total. The van der Waals surface area contributed by atoms with Crippen LogP contribution in [0.3, 0.4) is 0 Å². The van der Waals surface area contributed by atoms with Crippen molar-refractivity contribution < 1.29 is 9.53 Å². The molecule has 0 spiro atoms. The lowest BCUT2D eigenvalue weighted by Crippen LogP contribution is -2.06. The van der Waals surface area contributed by atoms with Gasteiger partial charge in [-0.2, -0.15) is 0 Å². The number of aryl methyl sites for hydroxylation is 3. The zero-order valence-electron chi connectivity index (χ0n) is 15.7. The minimum Gasteiger partial charge on any atom is -0.462 e. The van der Waals surface area contributed by atoms with Crippen LogP contribution < -0.4 is 5.32 Å². The highest BCUT2D eigenvalue weighted by Crippen LogP contribution is 2.31. The molecule has 0 bridgehead atoms. The van der Waals surface area contributed by atoms with E-state index < -0.39 is 0 Å². The molecule has 0 fully saturated rings. The van der Waals surface area contributed by atoms with Crippen LogP contribution in [0.4, 0.5) is 10.8 Å².